The molecule has 0 fully saturated rings. The van der Waals surface area contributed by atoms with Gasteiger partial charge in [0.2, 0.25) is 0 Å². The Morgan fingerprint density at radius 2 is 0.653 bits per heavy atom. The Morgan fingerprint density at radius 3 is 0.939 bits per heavy atom. The van der Waals surface area contributed by atoms with Crippen molar-refractivity contribution in [2.24, 2.45) is 0 Å². The molecular formula is C42H82O7. The van der Waals surface area contributed by atoms with Crippen molar-refractivity contribution >= 4 is 0 Å². The molecule has 0 N–H and O–H groups in total. The SMILES string of the molecule is CCCCCCCCCCCCC(OCC)=C(OCC)C(C)OCOCOC(C)C(OCC)=C(CCCCCCCCCCCC)OCC. The quantitative estimate of drug-likeness (QED) is 0.0361. The summed E-state index contributed by atoms with van der Waals surface area (Å²) in [6, 6.07) is 0. The average Bonchev–Trinajstić information content (AvgIpc) is 3.10. The summed E-state index contributed by atoms with van der Waals surface area (Å²) >= 11 is 0. The molecule has 0 aliphatic rings. The van der Waals surface area contributed by atoms with Crippen LogP contribution >= 0.6 is 0 Å². The molecule has 0 aliphatic heterocycles. The summed E-state index contributed by atoms with van der Waals surface area (Å²) in [4.78, 5) is 0. The van der Waals surface area contributed by atoms with Crippen molar-refractivity contribution in [2.75, 3.05) is 40.0 Å². The maximum atomic E-state index is 6.06. The highest BCUT2D eigenvalue weighted by Gasteiger charge is 2.20. The van der Waals surface area contributed by atoms with Gasteiger partial charge in [0.25, 0.3) is 0 Å². The number of allylic oxidation sites excluding steroid dienone is 2. The molecule has 0 aromatic rings. The molecule has 0 heterocycles. The topological polar surface area (TPSA) is 64.6 Å². The molecule has 0 aliphatic carbocycles. The van der Waals surface area contributed by atoms with E-state index in [9.17, 15) is 0 Å². The standard InChI is InChI=1S/C42H82O7/c1-9-15-17-19-21-23-25-27-29-31-33-39(44-11-3)41(46-13-5)37(7)48-35-43-36-49-38(8)42(47-14-6)40(45-12-4)34-32-30-28-26-24-22-20-18-16-10-2/h37-38H,9-36H2,1-8H3. The number of hydrogen-bond donors (Lipinski definition) is 0. The maximum absolute atomic E-state index is 6.06. The second-order valence-corrected chi connectivity index (χ2v) is 13.2. The molecule has 0 aromatic carbocycles. The number of ether oxygens (including phenoxy) is 7. The predicted octanol–water partition coefficient (Wildman–Crippen LogP) is 12.9. The summed E-state index contributed by atoms with van der Waals surface area (Å²) in [5.74, 6) is 3.35. The molecule has 0 spiro atoms. The van der Waals surface area contributed by atoms with Crippen LogP contribution < -0.4 is 0 Å². The zero-order valence-electron chi connectivity index (χ0n) is 33.8. The lowest BCUT2D eigenvalue weighted by Gasteiger charge is -2.23. The minimum Gasteiger partial charge on any atom is -0.495 e. The van der Waals surface area contributed by atoms with Gasteiger partial charge in [-0.1, -0.05) is 129 Å². The zero-order valence-corrected chi connectivity index (χ0v) is 33.8. The van der Waals surface area contributed by atoms with Gasteiger partial charge in [-0.25, -0.2) is 0 Å². The molecule has 0 radical (unpaired) electrons. The van der Waals surface area contributed by atoms with Crippen molar-refractivity contribution in [3.63, 3.8) is 0 Å². The smallest absolute Gasteiger partial charge is 0.162 e. The first-order valence-corrected chi connectivity index (χ1v) is 20.8. The third kappa shape index (κ3) is 27.0. The summed E-state index contributed by atoms with van der Waals surface area (Å²) in [7, 11) is 0. The van der Waals surface area contributed by atoms with Gasteiger partial charge in [-0.05, 0) is 54.4 Å². The van der Waals surface area contributed by atoms with Crippen LogP contribution in [0.3, 0.4) is 0 Å². The lowest BCUT2D eigenvalue weighted by atomic mass is 10.0. The van der Waals surface area contributed by atoms with E-state index in [1.165, 1.54) is 116 Å². The van der Waals surface area contributed by atoms with Gasteiger partial charge in [0.1, 0.15) is 23.7 Å². The third-order valence-corrected chi connectivity index (χ3v) is 8.84. The Bertz CT molecular complexity index is 704. The van der Waals surface area contributed by atoms with E-state index in [2.05, 4.69) is 13.8 Å². The monoisotopic (exact) mass is 699 g/mol. The number of rotatable bonds is 38. The van der Waals surface area contributed by atoms with Crippen molar-refractivity contribution in [3.8, 4) is 0 Å². The fraction of sp³-hybridized carbons (Fsp3) is 0.905. The van der Waals surface area contributed by atoms with Crippen LogP contribution in [0.4, 0.5) is 0 Å². The van der Waals surface area contributed by atoms with Gasteiger partial charge >= 0.3 is 0 Å². The lowest BCUT2D eigenvalue weighted by molar-refractivity contribution is -0.160. The van der Waals surface area contributed by atoms with Crippen LogP contribution in [0, 0.1) is 0 Å². The molecule has 0 aromatic heterocycles. The van der Waals surface area contributed by atoms with E-state index in [0.717, 1.165) is 48.7 Å². The summed E-state index contributed by atoms with van der Waals surface area (Å²) in [5, 5.41) is 0. The molecule has 49 heavy (non-hydrogen) atoms. The van der Waals surface area contributed by atoms with Crippen LogP contribution in [0.15, 0.2) is 23.0 Å². The van der Waals surface area contributed by atoms with E-state index >= 15 is 0 Å². The zero-order chi connectivity index (χ0) is 36.2. The normalized spacial score (nSPS) is 13.9. The van der Waals surface area contributed by atoms with Crippen molar-refractivity contribution < 1.29 is 33.2 Å². The van der Waals surface area contributed by atoms with E-state index in [4.69, 9.17) is 33.2 Å². The molecule has 0 saturated carbocycles. The van der Waals surface area contributed by atoms with Crippen molar-refractivity contribution in [3.05, 3.63) is 23.0 Å². The first-order chi connectivity index (χ1) is 24.0. The highest BCUT2D eigenvalue weighted by Crippen LogP contribution is 2.24. The summed E-state index contributed by atoms with van der Waals surface area (Å²) < 4.78 is 42.1. The fourth-order valence-electron chi connectivity index (χ4n) is 6.07. The van der Waals surface area contributed by atoms with Crippen LogP contribution in [-0.4, -0.2) is 52.2 Å². The first-order valence-electron chi connectivity index (χ1n) is 20.8. The first kappa shape index (κ1) is 47.6. The third-order valence-electron chi connectivity index (χ3n) is 8.84. The van der Waals surface area contributed by atoms with Gasteiger partial charge in [-0.15, -0.1) is 0 Å². The minimum absolute atomic E-state index is 0.0900. The molecule has 0 amide bonds. The van der Waals surface area contributed by atoms with Crippen LogP contribution in [0.2, 0.25) is 0 Å². The van der Waals surface area contributed by atoms with Gasteiger partial charge in [-0.2, -0.15) is 0 Å². The van der Waals surface area contributed by atoms with Gasteiger partial charge in [-0.3, -0.25) is 0 Å². The van der Waals surface area contributed by atoms with Crippen molar-refractivity contribution in [1.82, 2.24) is 0 Å². The Balaban J connectivity index is 4.76. The Hall–Kier alpha value is -1.44. The molecular weight excluding hydrogens is 616 g/mol. The van der Waals surface area contributed by atoms with E-state index in [1.54, 1.807) is 0 Å². The second-order valence-electron chi connectivity index (χ2n) is 13.2. The van der Waals surface area contributed by atoms with Gasteiger partial charge < -0.3 is 33.2 Å². The Morgan fingerprint density at radius 1 is 0.367 bits per heavy atom. The van der Waals surface area contributed by atoms with Gasteiger partial charge in [0.15, 0.2) is 25.1 Å². The van der Waals surface area contributed by atoms with Gasteiger partial charge in [0.05, 0.1) is 26.4 Å². The number of hydrogen-bond acceptors (Lipinski definition) is 7. The summed E-state index contributed by atoms with van der Waals surface area (Å²) in [5.41, 5.74) is 0. The molecule has 0 bridgehead atoms. The van der Waals surface area contributed by atoms with Gasteiger partial charge in [0, 0.05) is 12.8 Å². The summed E-state index contributed by atoms with van der Waals surface area (Å²) in [6.07, 6.45) is 27.3. The van der Waals surface area contributed by atoms with Crippen molar-refractivity contribution in [1.29, 1.82) is 0 Å². The van der Waals surface area contributed by atoms with Crippen molar-refractivity contribution in [2.45, 2.75) is 209 Å². The van der Waals surface area contributed by atoms with Crippen LogP contribution in [0.5, 0.6) is 0 Å². The van der Waals surface area contributed by atoms with Crippen LogP contribution in [0.25, 0.3) is 0 Å². The molecule has 7 nitrogen and oxygen atoms in total. The van der Waals surface area contributed by atoms with E-state index in [0.29, 0.717) is 26.4 Å². The molecule has 292 valence electrons. The predicted molar refractivity (Wildman–Crippen MR) is 205 cm³/mol. The summed E-state index contributed by atoms with van der Waals surface area (Å²) in [6.45, 7) is 19.1. The molecule has 2 unspecified atom stereocenters. The fourth-order valence-corrected chi connectivity index (χ4v) is 6.07. The van der Waals surface area contributed by atoms with E-state index in [-0.39, 0.29) is 25.8 Å². The van der Waals surface area contributed by atoms with E-state index < -0.39 is 0 Å². The number of unbranched alkanes of at least 4 members (excludes halogenated alkanes) is 18. The molecule has 0 rings (SSSR count). The lowest BCUT2D eigenvalue weighted by Crippen LogP contribution is -2.22. The largest absolute Gasteiger partial charge is 0.495 e. The molecule has 7 heteroatoms. The van der Waals surface area contributed by atoms with E-state index in [1.807, 2.05) is 41.5 Å². The maximum Gasteiger partial charge on any atom is 0.162 e. The minimum atomic E-state index is -0.286. The Kier molecular flexibility index (Phi) is 35.3. The molecule has 0 saturated heterocycles. The highest BCUT2D eigenvalue weighted by molar-refractivity contribution is 5.07. The molecule has 2 atom stereocenters. The highest BCUT2D eigenvalue weighted by atomic mass is 16.7. The Labute approximate surface area is 304 Å². The van der Waals surface area contributed by atoms with Crippen LogP contribution in [0.1, 0.15) is 197 Å². The van der Waals surface area contributed by atoms with Crippen LogP contribution in [-0.2, 0) is 33.2 Å². The average molecular weight is 699 g/mol. The second kappa shape index (κ2) is 36.4.